The molecule has 1 saturated heterocycles. The minimum Gasteiger partial charge on any atom is -0.353 e. The summed E-state index contributed by atoms with van der Waals surface area (Å²) < 4.78 is 11.1. The summed E-state index contributed by atoms with van der Waals surface area (Å²) in [6.45, 7) is 5.38. The molecule has 1 fully saturated rings. The average molecular weight is 211 g/mol. The number of unbranched alkanes of at least 4 members (excludes halogenated alkanes) is 3. The van der Waals surface area contributed by atoms with E-state index in [-0.39, 0.29) is 6.29 Å². The van der Waals surface area contributed by atoms with Crippen LogP contribution in [0.15, 0.2) is 12.2 Å². The van der Waals surface area contributed by atoms with Crippen LogP contribution in [0.4, 0.5) is 0 Å². The Kier molecular flexibility index (Phi) is 7.58. The predicted octanol–water partition coefficient (Wildman–Crippen LogP) is 3.48. The lowest BCUT2D eigenvalue weighted by Gasteiger charge is -2.22. The fourth-order valence-corrected chi connectivity index (χ4v) is 1.72. The lowest BCUT2D eigenvalue weighted by molar-refractivity contribution is -0.162. The highest BCUT2D eigenvalue weighted by Gasteiger charge is 2.12. The van der Waals surface area contributed by atoms with Crippen molar-refractivity contribution < 1.29 is 9.47 Å². The molecule has 1 aliphatic heterocycles. The Labute approximate surface area is 93.7 Å². The summed E-state index contributed by atoms with van der Waals surface area (Å²) in [7, 11) is 0. The zero-order valence-corrected chi connectivity index (χ0v) is 9.62. The summed E-state index contributed by atoms with van der Waals surface area (Å²) in [5.74, 6) is 0. The van der Waals surface area contributed by atoms with Gasteiger partial charge in [0.2, 0.25) is 0 Å². The van der Waals surface area contributed by atoms with Crippen molar-refractivity contribution in [1.29, 1.82) is 0 Å². The van der Waals surface area contributed by atoms with Crippen LogP contribution < -0.4 is 0 Å². The Hall–Kier alpha value is -0.340. The topological polar surface area (TPSA) is 18.5 Å². The highest BCUT2D eigenvalue weighted by atomic mass is 16.7. The number of allylic oxidation sites excluding steroid dienone is 2. The Bertz CT molecular complexity index is 160. The van der Waals surface area contributed by atoms with Crippen LogP contribution >= 0.6 is 0 Å². The van der Waals surface area contributed by atoms with E-state index >= 15 is 0 Å². The van der Waals surface area contributed by atoms with E-state index < -0.39 is 0 Å². The van der Waals surface area contributed by atoms with Crippen molar-refractivity contribution in [2.45, 2.75) is 51.2 Å². The summed E-state index contributed by atoms with van der Waals surface area (Å²) >= 11 is 0. The van der Waals surface area contributed by atoms with Crippen LogP contribution in [0.2, 0.25) is 0 Å². The fourth-order valence-electron chi connectivity index (χ4n) is 1.72. The van der Waals surface area contributed by atoms with Gasteiger partial charge in [-0.15, -0.1) is 0 Å². The Morgan fingerprint density at radius 3 is 2.93 bits per heavy atom. The van der Waals surface area contributed by atoms with Crippen LogP contribution in [0.5, 0.6) is 0 Å². The summed E-state index contributed by atoms with van der Waals surface area (Å²) in [5.41, 5.74) is 0. The first kappa shape index (κ1) is 12.7. The van der Waals surface area contributed by atoms with Gasteiger partial charge in [0, 0.05) is 13.2 Å². The summed E-state index contributed by atoms with van der Waals surface area (Å²) in [6, 6.07) is 0. The van der Waals surface area contributed by atoms with E-state index in [1.165, 1.54) is 25.7 Å². The molecular formula is C13H23O2. The van der Waals surface area contributed by atoms with Crippen LogP contribution in [0, 0.1) is 6.92 Å². The maximum atomic E-state index is 5.64. The van der Waals surface area contributed by atoms with Crippen LogP contribution in [-0.4, -0.2) is 19.5 Å². The molecule has 0 amide bonds. The highest BCUT2D eigenvalue weighted by molar-refractivity contribution is 4.83. The normalized spacial score (nSPS) is 22.3. The van der Waals surface area contributed by atoms with Gasteiger partial charge in [0.25, 0.3) is 0 Å². The number of hydrogen-bond acceptors (Lipinski definition) is 2. The van der Waals surface area contributed by atoms with Gasteiger partial charge < -0.3 is 9.47 Å². The van der Waals surface area contributed by atoms with Crippen molar-refractivity contribution in [3.8, 4) is 0 Å². The van der Waals surface area contributed by atoms with Crippen molar-refractivity contribution in [2.24, 2.45) is 0 Å². The maximum absolute atomic E-state index is 5.64. The van der Waals surface area contributed by atoms with E-state index in [1.807, 2.05) is 6.08 Å². The van der Waals surface area contributed by atoms with Crippen LogP contribution in [-0.2, 0) is 9.47 Å². The second-order valence-corrected chi connectivity index (χ2v) is 3.99. The first-order chi connectivity index (χ1) is 7.43. The molecule has 0 aromatic carbocycles. The third kappa shape index (κ3) is 6.69. The monoisotopic (exact) mass is 211 g/mol. The lowest BCUT2D eigenvalue weighted by atomic mass is 10.2. The third-order valence-corrected chi connectivity index (χ3v) is 2.62. The van der Waals surface area contributed by atoms with Crippen molar-refractivity contribution in [2.75, 3.05) is 13.2 Å². The van der Waals surface area contributed by atoms with Crippen molar-refractivity contribution in [3.05, 3.63) is 19.1 Å². The Morgan fingerprint density at radius 2 is 2.20 bits per heavy atom. The smallest absolute Gasteiger partial charge is 0.157 e. The van der Waals surface area contributed by atoms with E-state index in [0.29, 0.717) is 0 Å². The molecule has 2 nitrogen and oxygen atoms in total. The third-order valence-electron chi connectivity index (χ3n) is 2.62. The average Bonchev–Trinajstić information content (AvgIpc) is 2.29. The fraction of sp³-hybridized carbons (Fsp3) is 0.769. The maximum Gasteiger partial charge on any atom is 0.157 e. The zero-order chi connectivity index (χ0) is 10.8. The minimum atomic E-state index is 0.0819. The van der Waals surface area contributed by atoms with E-state index in [0.717, 1.165) is 32.5 Å². The molecule has 1 atom stereocenters. The molecule has 1 rings (SSSR count). The van der Waals surface area contributed by atoms with E-state index in [2.05, 4.69) is 13.0 Å². The summed E-state index contributed by atoms with van der Waals surface area (Å²) in [6.07, 6.45) is 12.3. The molecule has 1 radical (unpaired) electrons. The first-order valence-electron chi connectivity index (χ1n) is 6.11. The van der Waals surface area contributed by atoms with Gasteiger partial charge in [0.1, 0.15) is 0 Å². The summed E-state index contributed by atoms with van der Waals surface area (Å²) in [5, 5.41) is 0. The second-order valence-electron chi connectivity index (χ2n) is 3.99. The summed E-state index contributed by atoms with van der Waals surface area (Å²) in [4.78, 5) is 0. The standard InChI is InChI=1S/C13H23O2/c1-2-3-4-5-6-8-11-14-13-10-7-9-12-15-13/h2-3,13H,1,4-12H2/b3-2+. The molecule has 0 aromatic heterocycles. The van der Waals surface area contributed by atoms with Crippen molar-refractivity contribution in [3.63, 3.8) is 0 Å². The molecular weight excluding hydrogens is 188 g/mol. The Balaban J connectivity index is 1.83. The molecule has 0 N–H and O–H groups in total. The molecule has 0 spiro atoms. The molecule has 87 valence electrons. The predicted molar refractivity (Wildman–Crippen MR) is 62.5 cm³/mol. The van der Waals surface area contributed by atoms with Gasteiger partial charge in [-0.25, -0.2) is 0 Å². The zero-order valence-electron chi connectivity index (χ0n) is 9.62. The van der Waals surface area contributed by atoms with Gasteiger partial charge in [-0.1, -0.05) is 18.6 Å². The van der Waals surface area contributed by atoms with Crippen molar-refractivity contribution >= 4 is 0 Å². The minimum absolute atomic E-state index is 0.0819. The molecule has 0 aromatic rings. The van der Waals surface area contributed by atoms with Gasteiger partial charge in [0.05, 0.1) is 0 Å². The van der Waals surface area contributed by atoms with Crippen LogP contribution in [0.3, 0.4) is 0 Å². The number of ether oxygens (including phenoxy) is 2. The SMILES string of the molecule is [CH2]/C=C/CCCCCOC1CCCCO1. The Morgan fingerprint density at radius 1 is 1.27 bits per heavy atom. The van der Waals surface area contributed by atoms with E-state index in [1.54, 1.807) is 0 Å². The first-order valence-corrected chi connectivity index (χ1v) is 6.11. The van der Waals surface area contributed by atoms with Gasteiger partial charge in [0.15, 0.2) is 6.29 Å². The largest absolute Gasteiger partial charge is 0.353 e. The second kappa shape index (κ2) is 8.93. The lowest BCUT2D eigenvalue weighted by Crippen LogP contribution is -2.22. The van der Waals surface area contributed by atoms with Gasteiger partial charge in [-0.05, 0) is 45.4 Å². The van der Waals surface area contributed by atoms with Gasteiger partial charge in [-0.3, -0.25) is 0 Å². The molecule has 1 unspecified atom stereocenters. The molecule has 1 heterocycles. The molecule has 2 heteroatoms. The number of hydrogen-bond donors (Lipinski definition) is 0. The molecule has 15 heavy (non-hydrogen) atoms. The van der Waals surface area contributed by atoms with Crippen molar-refractivity contribution in [1.82, 2.24) is 0 Å². The molecule has 0 saturated carbocycles. The highest BCUT2D eigenvalue weighted by Crippen LogP contribution is 2.14. The molecule has 0 aliphatic carbocycles. The van der Waals surface area contributed by atoms with Gasteiger partial charge in [-0.2, -0.15) is 0 Å². The van der Waals surface area contributed by atoms with E-state index in [9.17, 15) is 0 Å². The quantitative estimate of drug-likeness (QED) is 0.600. The van der Waals surface area contributed by atoms with Crippen LogP contribution in [0.1, 0.15) is 44.9 Å². The number of rotatable bonds is 7. The van der Waals surface area contributed by atoms with E-state index in [4.69, 9.17) is 9.47 Å². The van der Waals surface area contributed by atoms with Gasteiger partial charge >= 0.3 is 0 Å². The molecule has 1 aliphatic rings. The molecule has 0 bridgehead atoms. The van der Waals surface area contributed by atoms with Crippen LogP contribution in [0.25, 0.3) is 0 Å².